The van der Waals surface area contributed by atoms with Crippen molar-refractivity contribution in [3.05, 3.63) is 79.8 Å². The van der Waals surface area contributed by atoms with Gasteiger partial charge in [-0.15, -0.1) is 0 Å². The van der Waals surface area contributed by atoms with Crippen LogP contribution in [0.1, 0.15) is 25.0 Å². The molecule has 0 aliphatic rings. The first-order valence-electron chi connectivity index (χ1n) is 9.38. The first-order chi connectivity index (χ1) is 14.6. The SMILES string of the molecule is CC(C)(CNC(=O)C=Cc1ccc(Cl)cc1Cl)CNC(=O)C=Cc1ccc(Cl)cc1Cl. The maximum absolute atomic E-state index is 12.1. The molecule has 31 heavy (non-hydrogen) atoms. The van der Waals surface area contributed by atoms with E-state index in [4.69, 9.17) is 46.4 Å². The van der Waals surface area contributed by atoms with Crippen molar-refractivity contribution in [2.24, 2.45) is 5.41 Å². The predicted octanol–water partition coefficient (Wildman–Crippen LogP) is 6.29. The summed E-state index contributed by atoms with van der Waals surface area (Å²) >= 11 is 23.9. The molecule has 0 unspecified atom stereocenters. The first kappa shape index (κ1) is 25.3. The van der Waals surface area contributed by atoms with Gasteiger partial charge in [-0.2, -0.15) is 0 Å². The van der Waals surface area contributed by atoms with E-state index < -0.39 is 0 Å². The minimum absolute atomic E-state index is 0.261. The molecule has 0 aliphatic heterocycles. The lowest BCUT2D eigenvalue weighted by Crippen LogP contribution is -2.41. The Morgan fingerprint density at radius 2 is 1.16 bits per heavy atom. The highest BCUT2D eigenvalue weighted by atomic mass is 35.5. The molecule has 0 bridgehead atoms. The average molecular weight is 500 g/mol. The molecule has 0 spiro atoms. The van der Waals surface area contributed by atoms with Gasteiger partial charge in [0.15, 0.2) is 0 Å². The molecule has 2 aromatic rings. The molecule has 0 heterocycles. The summed E-state index contributed by atoms with van der Waals surface area (Å²) in [5.41, 5.74) is 1.03. The largest absolute Gasteiger partial charge is 0.352 e. The summed E-state index contributed by atoms with van der Waals surface area (Å²) in [5.74, 6) is -0.523. The number of carbonyl (C=O) groups excluding carboxylic acids is 2. The highest BCUT2D eigenvalue weighted by molar-refractivity contribution is 6.36. The Labute approximate surface area is 202 Å². The minimum atomic E-state index is -0.358. The molecule has 2 aromatic carbocycles. The predicted molar refractivity (Wildman–Crippen MR) is 131 cm³/mol. The Hall–Kier alpha value is -1.98. The lowest BCUT2D eigenvalue weighted by atomic mass is 9.93. The lowest BCUT2D eigenvalue weighted by Gasteiger charge is -2.24. The van der Waals surface area contributed by atoms with Crippen molar-refractivity contribution in [1.29, 1.82) is 0 Å². The Balaban J connectivity index is 1.81. The van der Waals surface area contributed by atoms with E-state index in [1.807, 2.05) is 13.8 Å². The molecular formula is C23H22Cl4N2O2. The van der Waals surface area contributed by atoms with Crippen molar-refractivity contribution >= 4 is 70.4 Å². The average Bonchev–Trinajstić information content (AvgIpc) is 2.69. The van der Waals surface area contributed by atoms with E-state index in [0.717, 1.165) is 0 Å². The summed E-state index contributed by atoms with van der Waals surface area (Å²) in [6.07, 6.45) is 6.05. The van der Waals surface area contributed by atoms with E-state index in [0.29, 0.717) is 44.3 Å². The van der Waals surface area contributed by atoms with Crippen LogP contribution in [0.4, 0.5) is 0 Å². The fraction of sp³-hybridized carbons (Fsp3) is 0.217. The van der Waals surface area contributed by atoms with Gasteiger partial charge in [-0.25, -0.2) is 0 Å². The first-order valence-corrected chi connectivity index (χ1v) is 10.9. The minimum Gasteiger partial charge on any atom is -0.352 e. The molecule has 0 saturated carbocycles. The second kappa shape index (κ2) is 11.6. The van der Waals surface area contributed by atoms with Crippen LogP contribution in [0.15, 0.2) is 48.6 Å². The normalized spacial score (nSPS) is 11.8. The quantitative estimate of drug-likeness (QED) is 0.419. The summed E-state index contributed by atoms with van der Waals surface area (Å²) in [5, 5.41) is 7.64. The van der Waals surface area contributed by atoms with Gasteiger partial charge in [0.2, 0.25) is 11.8 Å². The highest BCUT2D eigenvalue weighted by Crippen LogP contribution is 2.23. The van der Waals surface area contributed by atoms with Crippen molar-refractivity contribution in [3.8, 4) is 0 Å². The van der Waals surface area contributed by atoms with Crippen LogP contribution in [0.5, 0.6) is 0 Å². The van der Waals surface area contributed by atoms with Gasteiger partial charge in [0.05, 0.1) is 0 Å². The van der Waals surface area contributed by atoms with Crippen LogP contribution in [-0.4, -0.2) is 24.9 Å². The number of halogens is 4. The summed E-state index contributed by atoms with van der Waals surface area (Å²) in [4.78, 5) is 24.2. The number of hydrogen-bond acceptors (Lipinski definition) is 2. The topological polar surface area (TPSA) is 58.2 Å². The molecule has 0 aromatic heterocycles. The van der Waals surface area contributed by atoms with E-state index in [2.05, 4.69) is 10.6 Å². The molecule has 0 radical (unpaired) electrons. The summed E-state index contributed by atoms with van der Waals surface area (Å²) < 4.78 is 0. The van der Waals surface area contributed by atoms with Crippen LogP contribution >= 0.6 is 46.4 Å². The van der Waals surface area contributed by atoms with Crippen LogP contribution in [0.2, 0.25) is 20.1 Å². The van der Waals surface area contributed by atoms with Gasteiger partial charge in [-0.3, -0.25) is 9.59 Å². The zero-order chi connectivity index (χ0) is 23.0. The fourth-order valence-electron chi connectivity index (χ4n) is 2.44. The van der Waals surface area contributed by atoms with Crippen LogP contribution in [-0.2, 0) is 9.59 Å². The van der Waals surface area contributed by atoms with Crippen molar-refractivity contribution in [2.45, 2.75) is 13.8 Å². The second-order valence-electron chi connectivity index (χ2n) is 7.60. The number of carbonyl (C=O) groups is 2. The number of benzene rings is 2. The molecule has 164 valence electrons. The van der Waals surface area contributed by atoms with Crippen LogP contribution < -0.4 is 10.6 Å². The van der Waals surface area contributed by atoms with E-state index >= 15 is 0 Å². The van der Waals surface area contributed by atoms with E-state index in [1.54, 1.807) is 48.6 Å². The van der Waals surface area contributed by atoms with Crippen LogP contribution in [0.3, 0.4) is 0 Å². The number of amides is 2. The van der Waals surface area contributed by atoms with E-state index in [9.17, 15) is 9.59 Å². The number of nitrogens with one attached hydrogen (secondary N) is 2. The van der Waals surface area contributed by atoms with Crippen LogP contribution in [0, 0.1) is 5.41 Å². The molecule has 0 aliphatic carbocycles. The van der Waals surface area contributed by atoms with E-state index in [1.165, 1.54) is 12.2 Å². The molecule has 2 N–H and O–H groups in total. The molecule has 0 fully saturated rings. The van der Waals surface area contributed by atoms with Crippen molar-refractivity contribution in [3.63, 3.8) is 0 Å². The fourth-order valence-corrected chi connectivity index (χ4v) is 3.38. The zero-order valence-corrected chi connectivity index (χ0v) is 20.0. The third kappa shape index (κ3) is 8.96. The smallest absolute Gasteiger partial charge is 0.244 e. The molecule has 0 saturated heterocycles. The molecule has 4 nitrogen and oxygen atoms in total. The molecule has 8 heteroatoms. The molecule has 2 amide bonds. The second-order valence-corrected chi connectivity index (χ2v) is 9.29. The maximum atomic E-state index is 12.1. The van der Waals surface area contributed by atoms with Gasteiger partial charge in [0.1, 0.15) is 0 Å². The third-order valence-corrected chi connectivity index (χ3v) is 5.36. The number of hydrogen-bond donors (Lipinski definition) is 2. The van der Waals surface area contributed by atoms with Crippen molar-refractivity contribution in [1.82, 2.24) is 10.6 Å². The van der Waals surface area contributed by atoms with Gasteiger partial charge in [-0.1, -0.05) is 72.4 Å². The summed E-state index contributed by atoms with van der Waals surface area (Å²) in [6.45, 7) is 4.62. The van der Waals surface area contributed by atoms with Gasteiger partial charge >= 0.3 is 0 Å². The molecule has 0 atom stereocenters. The third-order valence-electron chi connectivity index (χ3n) is 4.24. The van der Waals surface area contributed by atoms with Gasteiger partial charge < -0.3 is 10.6 Å². The number of rotatable bonds is 8. The zero-order valence-electron chi connectivity index (χ0n) is 17.0. The van der Waals surface area contributed by atoms with E-state index in [-0.39, 0.29) is 17.2 Å². The summed E-state index contributed by atoms with van der Waals surface area (Å²) in [7, 11) is 0. The monoisotopic (exact) mass is 498 g/mol. The lowest BCUT2D eigenvalue weighted by molar-refractivity contribution is -0.116. The van der Waals surface area contributed by atoms with Gasteiger partial charge in [0, 0.05) is 45.3 Å². The molecular weight excluding hydrogens is 478 g/mol. The standard InChI is InChI=1S/C23H22Cl4N2O2/c1-23(2,13-28-21(30)9-5-15-3-7-17(24)11-19(15)26)14-29-22(31)10-6-16-4-8-18(25)12-20(16)27/h3-12H,13-14H2,1-2H3,(H,28,30)(H,29,31). The summed E-state index contributed by atoms with van der Waals surface area (Å²) in [6, 6.07) is 10.1. The van der Waals surface area contributed by atoms with Gasteiger partial charge in [0.25, 0.3) is 0 Å². The van der Waals surface area contributed by atoms with Crippen molar-refractivity contribution in [2.75, 3.05) is 13.1 Å². The Morgan fingerprint density at radius 3 is 1.52 bits per heavy atom. The molecule has 2 rings (SSSR count). The highest BCUT2D eigenvalue weighted by Gasteiger charge is 2.19. The Kier molecular flexibility index (Phi) is 9.45. The van der Waals surface area contributed by atoms with Crippen molar-refractivity contribution < 1.29 is 9.59 Å². The maximum Gasteiger partial charge on any atom is 0.244 e. The van der Waals surface area contributed by atoms with Crippen LogP contribution in [0.25, 0.3) is 12.2 Å². The Morgan fingerprint density at radius 1 is 0.774 bits per heavy atom. The van der Waals surface area contributed by atoms with Gasteiger partial charge in [-0.05, 0) is 53.0 Å². The Bertz CT molecular complexity index is 937.